The van der Waals surface area contributed by atoms with Gasteiger partial charge in [0.2, 0.25) is 0 Å². The summed E-state index contributed by atoms with van der Waals surface area (Å²) in [6, 6.07) is 2.45. The average molecular weight is 281 g/mol. The SMILES string of the molecule is Cc1sccc1C(NN)C1(N(C)C)CCCC(C)C1. The van der Waals surface area contributed by atoms with Gasteiger partial charge in [0.05, 0.1) is 6.04 Å². The molecular formula is C15H27N3S. The summed E-state index contributed by atoms with van der Waals surface area (Å²) in [5.41, 5.74) is 4.63. The Kier molecular flexibility index (Phi) is 4.66. The number of nitrogens with one attached hydrogen (secondary N) is 1. The van der Waals surface area contributed by atoms with E-state index in [2.05, 4.69) is 49.7 Å². The third-order valence-electron chi connectivity index (χ3n) is 4.81. The zero-order chi connectivity index (χ0) is 14.0. The van der Waals surface area contributed by atoms with Gasteiger partial charge in [0.15, 0.2) is 0 Å². The van der Waals surface area contributed by atoms with Gasteiger partial charge in [0, 0.05) is 10.4 Å². The van der Waals surface area contributed by atoms with Crippen molar-refractivity contribution >= 4 is 11.3 Å². The zero-order valence-corrected chi connectivity index (χ0v) is 13.4. The van der Waals surface area contributed by atoms with E-state index in [9.17, 15) is 0 Å². The molecule has 0 saturated heterocycles. The van der Waals surface area contributed by atoms with E-state index in [1.165, 1.54) is 36.1 Å². The van der Waals surface area contributed by atoms with Gasteiger partial charge in [-0.05, 0) is 56.8 Å². The minimum atomic E-state index is 0.137. The summed E-state index contributed by atoms with van der Waals surface area (Å²) < 4.78 is 0. The molecule has 2 rings (SSSR count). The molecule has 0 bridgehead atoms. The maximum absolute atomic E-state index is 5.96. The quantitative estimate of drug-likeness (QED) is 0.658. The van der Waals surface area contributed by atoms with Crippen molar-refractivity contribution in [2.45, 2.75) is 51.1 Å². The van der Waals surface area contributed by atoms with Crippen molar-refractivity contribution in [3.8, 4) is 0 Å². The van der Waals surface area contributed by atoms with Gasteiger partial charge in [-0.2, -0.15) is 0 Å². The Morgan fingerprint density at radius 2 is 2.26 bits per heavy atom. The van der Waals surface area contributed by atoms with Crippen molar-refractivity contribution in [2.75, 3.05) is 14.1 Å². The van der Waals surface area contributed by atoms with Crippen LogP contribution >= 0.6 is 11.3 Å². The highest BCUT2D eigenvalue weighted by atomic mass is 32.1. The Bertz CT molecular complexity index is 415. The van der Waals surface area contributed by atoms with Crippen LogP contribution in [0.2, 0.25) is 0 Å². The van der Waals surface area contributed by atoms with Gasteiger partial charge in [-0.25, -0.2) is 0 Å². The predicted octanol–water partition coefficient (Wildman–Crippen LogP) is 3.07. The van der Waals surface area contributed by atoms with Crippen molar-refractivity contribution in [3.63, 3.8) is 0 Å². The van der Waals surface area contributed by atoms with Crippen LogP contribution in [-0.4, -0.2) is 24.5 Å². The van der Waals surface area contributed by atoms with E-state index < -0.39 is 0 Å². The smallest absolute Gasteiger partial charge is 0.0654 e. The molecule has 3 N–H and O–H groups in total. The standard InChI is InChI=1S/C15H27N3S/c1-11-6-5-8-15(10-11,18(3)4)14(17-16)13-7-9-19-12(13)2/h7,9,11,14,17H,5-6,8,10,16H2,1-4H3. The van der Waals surface area contributed by atoms with E-state index in [0.717, 1.165) is 5.92 Å². The summed E-state index contributed by atoms with van der Waals surface area (Å²) in [7, 11) is 4.40. The lowest BCUT2D eigenvalue weighted by Crippen LogP contribution is -2.57. The molecule has 1 aliphatic rings. The van der Waals surface area contributed by atoms with Crippen LogP contribution in [0.25, 0.3) is 0 Å². The minimum Gasteiger partial charge on any atom is -0.302 e. The molecular weight excluding hydrogens is 254 g/mol. The lowest BCUT2D eigenvalue weighted by molar-refractivity contribution is 0.0366. The molecule has 0 spiro atoms. The van der Waals surface area contributed by atoms with Crippen molar-refractivity contribution in [1.29, 1.82) is 0 Å². The normalized spacial score (nSPS) is 29.7. The number of rotatable bonds is 4. The number of nitrogens with zero attached hydrogens (tertiary/aromatic N) is 1. The Balaban J connectivity index is 2.39. The number of nitrogens with two attached hydrogens (primary N) is 1. The zero-order valence-electron chi connectivity index (χ0n) is 12.6. The molecule has 0 aliphatic heterocycles. The summed E-state index contributed by atoms with van der Waals surface area (Å²) in [4.78, 5) is 3.77. The van der Waals surface area contributed by atoms with Crippen LogP contribution in [0.15, 0.2) is 11.4 Å². The Morgan fingerprint density at radius 3 is 2.74 bits per heavy atom. The van der Waals surface area contributed by atoms with Crippen LogP contribution in [0.1, 0.15) is 49.1 Å². The van der Waals surface area contributed by atoms with Crippen LogP contribution in [-0.2, 0) is 0 Å². The van der Waals surface area contributed by atoms with Gasteiger partial charge in [0.1, 0.15) is 0 Å². The van der Waals surface area contributed by atoms with E-state index in [1.807, 2.05) is 11.3 Å². The van der Waals surface area contributed by atoms with Gasteiger partial charge in [-0.3, -0.25) is 11.3 Å². The second kappa shape index (κ2) is 5.92. The highest BCUT2D eigenvalue weighted by Crippen LogP contribution is 2.44. The van der Waals surface area contributed by atoms with Crippen LogP contribution in [0.4, 0.5) is 0 Å². The van der Waals surface area contributed by atoms with E-state index >= 15 is 0 Å². The summed E-state index contributed by atoms with van der Waals surface area (Å²) in [6.45, 7) is 4.56. The number of hydrogen-bond acceptors (Lipinski definition) is 4. The van der Waals surface area contributed by atoms with Crippen LogP contribution in [0.3, 0.4) is 0 Å². The molecule has 0 amide bonds. The number of hydrazine groups is 1. The highest BCUT2D eigenvalue weighted by molar-refractivity contribution is 7.10. The van der Waals surface area contributed by atoms with Crippen molar-refractivity contribution in [1.82, 2.24) is 10.3 Å². The number of likely N-dealkylation sites (N-methyl/N-ethyl adjacent to an activating group) is 1. The van der Waals surface area contributed by atoms with Crippen LogP contribution in [0.5, 0.6) is 0 Å². The highest BCUT2D eigenvalue weighted by Gasteiger charge is 2.44. The van der Waals surface area contributed by atoms with Gasteiger partial charge in [0.25, 0.3) is 0 Å². The molecule has 3 unspecified atom stereocenters. The van der Waals surface area contributed by atoms with Crippen molar-refractivity contribution < 1.29 is 0 Å². The monoisotopic (exact) mass is 281 g/mol. The molecule has 0 aromatic carbocycles. The molecule has 1 aromatic rings. The largest absolute Gasteiger partial charge is 0.302 e. The van der Waals surface area contributed by atoms with E-state index in [0.29, 0.717) is 0 Å². The van der Waals surface area contributed by atoms with Crippen LogP contribution < -0.4 is 11.3 Å². The maximum Gasteiger partial charge on any atom is 0.0654 e. The van der Waals surface area contributed by atoms with E-state index in [-0.39, 0.29) is 11.6 Å². The summed E-state index contributed by atoms with van der Waals surface area (Å²) in [5.74, 6) is 6.73. The third kappa shape index (κ3) is 2.72. The first-order valence-electron chi connectivity index (χ1n) is 7.19. The second-order valence-corrected chi connectivity index (χ2v) is 7.35. The van der Waals surface area contributed by atoms with Gasteiger partial charge >= 0.3 is 0 Å². The minimum absolute atomic E-state index is 0.137. The Morgan fingerprint density at radius 1 is 1.53 bits per heavy atom. The summed E-state index contributed by atoms with van der Waals surface area (Å²) in [5, 5.41) is 2.17. The summed E-state index contributed by atoms with van der Waals surface area (Å²) in [6.07, 6.45) is 5.06. The Hall–Kier alpha value is -0.420. The fourth-order valence-corrected chi connectivity index (χ4v) is 4.46. The average Bonchev–Trinajstić information content (AvgIpc) is 2.76. The van der Waals surface area contributed by atoms with Crippen molar-refractivity contribution in [3.05, 3.63) is 21.9 Å². The molecule has 1 saturated carbocycles. The molecule has 3 atom stereocenters. The molecule has 0 radical (unpaired) electrons. The van der Waals surface area contributed by atoms with Gasteiger partial charge < -0.3 is 4.90 Å². The predicted molar refractivity (Wildman–Crippen MR) is 83.2 cm³/mol. The van der Waals surface area contributed by atoms with E-state index in [1.54, 1.807) is 0 Å². The number of hydrogen-bond donors (Lipinski definition) is 2. The fourth-order valence-electron chi connectivity index (χ4n) is 3.72. The Labute approximate surface area is 121 Å². The number of thiophene rings is 1. The second-order valence-electron chi connectivity index (χ2n) is 6.23. The van der Waals surface area contributed by atoms with Gasteiger partial charge in [-0.15, -0.1) is 11.3 Å². The van der Waals surface area contributed by atoms with E-state index in [4.69, 9.17) is 5.84 Å². The number of aryl methyl sites for hydroxylation is 1. The molecule has 108 valence electrons. The van der Waals surface area contributed by atoms with Crippen LogP contribution in [0, 0.1) is 12.8 Å². The molecule has 1 heterocycles. The molecule has 1 aromatic heterocycles. The topological polar surface area (TPSA) is 41.3 Å². The molecule has 1 fully saturated rings. The molecule has 3 nitrogen and oxygen atoms in total. The first kappa shape index (κ1) is 15.0. The summed E-state index contributed by atoms with van der Waals surface area (Å²) >= 11 is 1.81. The van der Waals surface area contributed by atoms with Gasteiger partial charge in [-0.1, -0.05) is 19.8 Å². The first-order valence-corrected chi connectivity index (χ1v) is 8.07. The van der Waals surface area contributed by atoms with Crippen molar-refractivity contribution in [2.24, 2.45) is 11.8 Å². The molecule has 19 heavy (non-hydrogen) atoms. The lowest BCUT2D eigenvalue weighted by Gasteiger charge is -2.50. The fraction of sp³-hybridized carbons (Fsp3) is 0.733. The molecule has 4 heteroatoms. The first-order chi connectivity index (χ1) is 9.01. The molecule has 1 aliphatic carbocycles. The lowest BCUT2D eigenvalue weighted by atomic mass is 9.70. The maximum atomic E-state index is 5.96. The third-order valence-corrected chi connectivity index (χ3v) is 5.67.